The van der Waals surface area contributed by atoms with E-state index in [0.29, 0.717) is 10.1 Å². The van der Waals surface area contributed by atoms with Crippen LogP contribution in [0.15, 0.2) is 62.9 Å². The lowest BCUT2D eigenvalue weighted by Crippen LogP contribution is -2.19. The fourth-order valence-corrected chi connectivity index (χ4v) is 3.22. The first-order chi connectivity index (χ1) is 11.2. The average Bonchev–Trinajstić information content (AvgIpc) is 2.89. The van der Waals surface area contributed by atoms with Crippen molar-refractivity contribution in [3.63, 3.8) is 0 Å². The van der Waals surface area contributed by atoms with Gasteiger partial charge in [-0.1, -0.05) is 24.3 Å². The van der Waals surface area contributed by atoms with Gasteiger partial charge in [0.15, 0.2) is 5.17 Å². The molecule has 1 heterocycles. The maximum absolute atomic E-state index is 12.1. The molecule has 3 rings (SSSR count). The zero-order valence-corrected chi connectivity index (χ0v) is 14.6. The second kappa shape index (κ2) is 7.02. The molecule has 2 aromatic carbocycles. The predicted octanol–water partition coefficient (Wildman–Crippen LogP) is 4.35. The van der Waals surface area contributed by atoms with Crippen molar-refractivity contribution in [2.45, 2.75) is 0 Å². The summed E-state index contributed by atoms with van der Waals surface area (Å²) in [7, 11) is 1.62. The van der Waals surface area contributed by atoms with Crippen LogP contribution in [0.5, 0.6) is 5.75 Å². The number of nitrogens with zero attached hydrogens (tertiary/aromatic N) is 1. The number of aliphatic imine (C=N–C) groups is 1. The average molecular weight is 389 g/mol. The predicted molar refractivity (Wildman–Crippen MR) is 97.9 cm³/mol. The summed E-state index contributed by atoms with van der Waals surface area (Å²) >= 11 is 4.77. The smallest absolute Gasteiger partial charge is 0.264 e. The largest absolute Gasteiger partial charge is 0.497 e. The van der Waals surface area contributed by atoms with Crippen molar-refractivity contribution in [3.05, 3.63) is 63.5 Å². The summed E-state index contributed by atoms with van der Waals surface area (Å²) in [5.74, 6) is 0.605. The van der Waals surface area contributed by atoms with E-state index in [-0.39, 0.29) is 5.91 Å². The Morgan fingerprint density at radius 1 is 1.22 bits per heavy atom. The number of benzene rings is 2. The Balaban J connectivity index is 1.85. The summed E-state index contributed by atoms with van der Waals surface area (Å²) in [6.45, 7) is 0. The number of hydrogen-bond acceptors (Lipinski definition) is 4. The Kier molecular flexibility index (Phi) is 4.83. The Labute approximate surface area is 146 Å². The van der Waals surface area contributed by atoms with Gasteiger partial charge < -0.3 is 10.1 Å². The van der Waals surface area contributed by atoms with Gasteiger partial charge in [0.25, 0.3) is 5.91 Å². The number of amides is 1. The Morgan fingerprint density at radius 3 is 2.83 bits per heavy atom. The van der Waals surface area contributed by atoms with E-state index in [1.165, 1.54) is 11.8 Å². The van der Waals surface area contributed by atoms with E-state index in [0.717, 1.165) is 21.5 Å². The number of rotatable bonds is 3. The fourth-order valence-electron chi connectivity index (χ4n) is 2.01. The van der Waals surface area contributed by atoms with Crippen LogP contribution in [-0.4, -0.2) is 18.2 Å². The fraction of sp³-hybridized carbons (Fsp3) is 0.0588. The molecular weight excluding hydrogens is 376 g/mol. The third kappa shape index (κ3) is 3.83. The molecule has 6 heteroatoms. The van der Waals surface area contributed by atoms with Gasteiger partial charge in [0.05, 0.1) is 17.7 Å². The van der Waals surface area contributed by atoms with Crippen molar-refractivity contribution in [1.29, 1.82) is 0 Å². The van der Waals surface area contributed by atoms with Gasteiger partial charge in [-0.2, -0.15) is 0 Å². The van der Waals surface area contributed by atoms with Gasteiger partial charge in [0.2, 0.25) is 0 Å². The SMILES string of the molecule is COc1cccc(/C=C2/SC(=Nc3ccccc3Br)NC2=O)c1. The highest BCUT2D eigenvalue weighted by molar-refractivity contribution is 9.10. The number of thioether (sulfide) groups is 1. The summed E-state index contributed by atoms with van der Waals surface area (Å²) < 4.78 is 6.08. The molecule has 1 aliphatic rings. The maximum atomic E-state index is 12.1. The third-order valence-electron chi connectivity index (χ3n) is 3.12. The minimum absolute atomic E-state index is 0.149. The van der Waals surface area contributed by atoms with Crippen LogP contribution in [0.3, 0.4) is 0 Å². The first kappa shape index (κ1) is 15.8. The molecular formula is C17H13BrN2O2S. The van der Waals surface area contributed by atoms with E-state index in [4.69, 9.17) is 4.74 Å². The molecule has 4 nitrogen and oxygen atoms in total. The number of nitrogens with one attached hydrogen (secondary N) is 1. The van der Waals surface area contributed by atoms with Crippen LogP contribution in [0.1, 0.15) is 5.56 Å². The monoisotopic (exact) mass is 388 g/mol. The van der Waals surface area contributed by atoms with Crippen molar-refractivity contribution in [2.75, 3.05) is 7.11 Å². The second-order valence-corrected chi connectivity index (χ2v) is 6.59. The van der Waals surface area contributed by atoms with Gasteiger partial charge in [-0.3, -0.25) is 4.79 Å². The molecule has 0 aromatic heterocycles. The van der Waals surface area contributed by atoms with E-state index in [2.05, 4.69) is 26.2 Å². The summed E-state index contributed by atoms with van der Waals surface area (Å²) in [6, 6.07) is 15.2. The molecule has 0 saturated carbocycles. The number of hydrogen-bond donors (Lipinski definition) is 1. The lowest BCUT2D eigenvalue weighted by molar-refractivity contribution is -0.115. The number of halogens is 1. The maximum Gasteiger partial charge on any atom is 0.264 e. The van der Waals surface area contributed by atoms with Gasteiger partial charge >= 0.3 is 0 Å². The van der Waals surface area contributed by atoms with E-state index in [9.17, 15) is 4.79 Å². The number of amidine groups is 1. The summed E-state index contributed by atoms with van der Waals surface area (Å²) in [5, 5.41) is 3.35. The Morgan fingerprint density at radius 2 is 2.04 bits per heavy atom. The molecule has 0 aliphatic carbocycles. The van der Waals surface area contributed by atoms with E-state index in [1.807, 2.05) is 54.6 Å². The van der Waals surface area contributed by atoms with Gasteiger partial charge in [-0.15, -0.1) is 0 Å². The van der Waals surface area contributed by atoms with Crippen LogP contribution in [0.2, 0.25) is 0 Å². The van der Waals surface area contributed by atoms with E-state index in [1.54, 1.807) is 7.11 Å². The standard InChI is InChI=1S/C17H13BrN2O2S/c1-22-12-6-4-5-11(9-12)10-15-16(21)20-17(23-15)19-14-8-3-2-7-13(14)18/h2-10H,1H3,(H,19,20,21)/b15-10+. The van der Waals surface area contributed by atoms with Crippen molar-refractivity contribution in [2.24, 2.45) is 4.99 Å². The summed E-state index contributed by atoms with van der Waals surface area (Å²) in [4.78, 5) is 17.2. The molecule has 1 amide bonds. The zero-order valence-electron chi connectivity index (χ0n) is 12.2. The number of carbonyl (C=O) groups excluding carboxylic acids is 1. The van der Waals surface area contributed by atoms with Crippen LogP contribution in [0.4, 0.5) is 5.69 Å². The van der Waals surface area contributed by atoms with Crippen molar-refractivity contribution < 1.29 is 9.53 Å². The Bertz CT molecular complexity index is 818. The van der Waals surface area contributed by atoms with Crippen LogP contribution >= 0.6 is 27.7 Å². The van der Waals surface area contributed by atoms with Crippen molar-refractivity contribution in [3.8, 4) is 5.75 Å². The zero-order chi connectivity index (χ0) is 16.2. The summed E-state index contributed by atoms with van der Waals surface area (Å²) in [6.07, 6.45) is 1.82. The molecule has 0 radical (unpaired) electrons. The minimum atomic E-state index is -0.149. The number of para-hydroxylation sites is 1. The van der Waals surface area contributed by atoms with Crippen LogP contribution in [0.25, 0.3) is 6.08 Å². The van der Waals surface area contributed by atoms with Crippen LogP contribution < -0.4 is 10.1 Å². The molecule has 1 aliphatic heterocycles. The molecule has 0 unspecified atom stereocenters. The van der Waals surface area contributed by atoms with Crippen LogP contribution in [-0.2, 0) is 4.79 Å². The third-order valence-corrected chi connectivity index (χ3v) is 4.70. The van der Waals surface area contributed by atoms with Crippen molar-refractivity contribution >= 4 is 50.5 Å². The van der Waals surface area contributed by atoms with Gasteiger partial charge in [-0.05, 0) is 63.6 Å². The highest BCUT2D eigenvalue weighted by atomic mass is 79.9. The minimum Gasteiger partial charge on any atom is -0.497 e. The molecule has 1 fully saturated rings. The molecule has 0 bridgehead atoms. The first-order valence-corrected chi connectivity index (χ1v) is 8.45. The molecule has 0 spiro atoms. The molecule has 1 N–H and O–H groups in total. The molecule has 116 valence electrons. The number of carbonyl (C=O) groups is 1. The summed E-state index contributed by atoms with van der Waals surface area (Å²) in [5.41, 5.74) is 1.68. The lowest BCUT2D eigenvalue weighted by Gasteiger charge is -2.00. The Hall–Kier alpha value is -2.05. The van der Waals surface area contributed by atoms with Gasteiger partial charge in [-0.25, -0.2) is 4.99 Å². The quantitative estimate of drug-likeness (QED) is 0.795. The second-order valence-electron chi connectivity index (χ2n) is 4.71. The topological polar surface area (TPSA) is 50.7 Å². The van der Waals surface area contributed by atoms with E-state index < -0.39 is 0 Å². The van der Waals surface area contributed by atoms with Gasteiger partial charge in [0, 0.05) is 4.47 Å². The normalized spacial score (nSPS) is 17.6. The number of ether oxygens (including phenoxy) is 1. The molecule has 1 saturated heterocycles. The first-order valence-electron chi connectivity index (χ1n) is 6.84. The van der Waals surface area contributed by atoms with Crippen molar-refractivity contribution in [1.82, 2.24) is 5.32 Å². The lowest BCUT2D eigenvalue weighted by atomic mass is 10.2. The van der Waals surface area contributed by atoms with E-state index >= 15 is 0 Å². The molecule has 0 atom stereocenters. The van der Waals surface area contributed by atoms with Gasteiger partial charge in [0.1, 0.15) is 5.75 Å². The number of methoxy groups -OCH3 is 1. The highest BCUT2D eigenvalue weighted by Gasteiger charge is 2.24. The van der Waals surface area contributed by atoms with Crippen LogP contribution in [0, 0.1) is 0 Å². The highest BCUT2D eigenvalue weighted by Crippen LogP contribution is 2.31. The molecule has 2 aromatic rings. The molecule has 23 heavy (non-hydrogen) atoms.